The lowest BCUT2D eigenvalue weighted by Crippen LogP contribution is -2.14. The van der Waals surface area contributed by atoms with Gasteiger partial charge in [-0.05, 0) is 5.75 Å². The highest BCUT2D eigenvalue weighted by Crippen LogP contribution is 2.08. The molecule has 0 saturated carbocycles. The number of hydrogen-bond acceptors (Lipinski definition) is 3. The van der Waals surface area contributed by atoms with Gasteiger partial charge in [-0.2, -0.15) is 0 Å². The molecule has 1 unspecified atom stereocenters. The van der Waals surface area contributed by atoms with Crippen molar-refractivity contribution in [3.8, 4) is 0 Å². The van der Waals surface area contributed by atoms with E-state index >= 15 is 0 Å². The number of carbonyl (C=O) groups is 1. The summed E-state index contributed by atoms with van der Waals surface area (Å²) in [5.74, 6) is 0.710. The van der Waals surface area contributed by atoms with Crippen LogP contribution in [0.15, 0.2) is 0 Å². The van der Waals surface area contributed by atoms with Crippen LogP contribution in [0.1, 0.15) is 6.92 Å². The van der Waals surface area contributed by atoms with E-state index in [0.29, 0.717) is 5.75 Å². The lowest BCUT2D eigenvalue weighted by molar-refractivity contribution is -0.111. The predicted molar refractivity (Wildman–Crippen MR) is 39.9 cm³/mol. The summed E-state index contributed by atoms with van der Waals surface area (Å²) in [6, 6.07) is 0. The Morgan fingerprint density at radius 2 is 2.44 bits per heavy atom. The Hall–Kier alpha value is 0.270. The van der Waals surface area contributed by atoms with Crippen molar-refractivity contribution in [2.75, 3.05) is 12.4 Å². The molecule has 0 aromatic carbocycles. The maximum atomic E-state index is 10.6. The van der Waals surface area contributed by atoms with E-state index in [4.69, 9.17) is 16.7 Å². The molecule has 54 valence electrons. The van der Waals surface area contributed by atoms with Crippen LogP contribution in [0.3, 0.4) is 0 Å². The minimum Gasteiger partial charge on any atom is -0.394 e. The predicted octanol–water partition coefficient (Wildman–Crippen LogP) is 0.866. The number of rotatable bonds is 3. The highest BCUT2D eigenvalue weighted by atomic mass is 35.5. The SMILES string of the molecule is CCSC(=O)C(Cl)CO. The summed E-state index contributed by atoms with van der Waals surface area (Å²) in [4.78, 5) is 10.6. The van der Waals surface area contributed by atoms with Gasteiger partial charge in [0, 0.05) is 0 Å². The van der Waals surface area contributed by atoms with Gasteiger partial charge < -0.3 is 5.11 Å². The zero-order valence-electron chi connectivity index (χ0n) is 5.13. The highest BCUT2D eigenvalue weighted by molar-refractivity contribution is 8.13. The van der Waals surface area contributed by atoms with Gasteiger partial charge in [0.2, 0.25) is 5.12 Å². The summed E-state index contributed by atoms with van der Waals surface area (Å²) >= 11 is 6.51. The molecule has 0 heterocycles. The van der Waals surface area contributed by atoms with E-state index in [2.05, 4.69) is 0 Å². The molecule has 9 heavy (non-hydrogen) atoms. The fourth-order valence-corrected chi connectivity index (χ4v) is 1.04. The van der Waals surface area contributed by atoms with Gasteiger partial charge >= 0.3 is 0 Å². The van der Waals surface area contributed by atoms with Gasteiger partial charge in [-0.25, -0.2) is 0 Å². The fourth-order valence-electron chi connectivity index (χ4n) is 0.307. The monoisotopic (exact) mass is 168 g/mol. The van der Waals surface area contributed by atoms with Gasteiger partial charge in [-0.1, -0.05) is 18.7 Å². The Kier molecular flexibility index (Phi) is 5.24. The molecule has 4 heteroatoms. The van der Waals surface area contributed by atoms with Crippen molar-refractivity contribution in [1.29, 1.82) is 0 Å². The van der Waals surface area contributed by atoms with Crippen molar-refractivity contribution >= 4 is 28.5 Å². The number of aliphatic hydroxyl groups is 1. The van der Waals surface area contributed by atoms with E-state index in [1.54, 1.807) is 0 Å². The number of halogens is 1. The molecule has 1 atom stereocenters. The molecule has 0 fully saturated rings. The van der Waals surface area contributed by atoms with E-state index in [0.717, 1.165) is 11.8 Å². The van der Waals surface area contributed by atoms with Crippen LogP contribution in [0.25, 0.3) is 0 Å². The molecule has 0 amide bonds. The third kappa shape index (κ3) is 3.78. The molecular weight excluding hydrogens is 160 g/mol. The minimum absolute atomic E-state index is 0.151. The van der Waals surface area contributed by atoms with E-state index in [1.807, 2.05) is 6.92 Å². The van der Waals surface area contributed by atoms with Gasteiger partial charge in [0.05, 0.1) is 6.61 Å². The van der Waals surface area contributed by atoms with Crippen LogP contribution in [-0.2, 0) is 4.79 Å². The molecule has 0 spiro atoms. The number of alkyl halides is 1. The normalized spacial score (nSPS) is 13.2. The van der Waals surface area contributed by atoms with Crippen LogP contribution in [0.4, 0.5) is 0 Å². The first kappa shape index (κ1) is 9.27. The van der Waals surface area contributed by atoms with Crippen molar-refractivity contribution in [3.63, 3.8) is 0 Å². The second kappa shape index (κ2) is 5.09. The number of carbonyl (C=O) groups excluding carboxylic acids is 1. The van der Waals surface area contributed by atoms with E-state index in [9.17, 15) is 4.79 Å². The Morgan fingerprint density at radius 3 is 2.78 bits per heavy atom. The van der Waals surface area contributed by atoms with Crippen LogP contribution in [-0.4, -0.2) is 28.0 Å². The molecule has 1 N–H and O–H groups in total. The van der Waals surface area contributed by atoms with Crippen molar-refractivity contribution in [2.45, 2.75) is 12.3 Å². The zero-order chi connectivity index (χ0) is 7.28. The minimum atomic E-state index is -0.727. The summed E-state index contributed by atoms with van der Waals surface area (Å²) in [7, 11) is 0. The first-order chi connectivity index (χ1) is 4.22. The van der Waals surface area contributed by atoms with Crippen LogP contribution >= 0.6 is 23.4 Å². The van der Waals surface area contributed by atoms with Gasteiger partial charge in [-0.3, -0.25) is 4.79 Å². The average Bonchev–Trinajstić information content (AvgIpc) is 1.87. The van der Waals surface area contributed by atoms with Crippen molar-refractivity contribution < 1.29 is 9.90 Å². The molecule has 0 rings (SSSR count). The van der Waals surface area contributed by atoms with Crippen LogP contribution in [0.2, 0.25) is 0 Å². The van der Waals surface area contributed by atoms with Crippen molar-refractivity contribution in [1.82, 2.24) is 0 Å². The maximum Gasteiger partial charge on any atom is 0.209 e. The molecule has 0 aliphatic heterocycles. The van der Waals surface area contributed by atoms with Gasteiger partial charge in [-0.15, -0.1) is 11.6 Å². The standard InChI is InChI=1S/C5H9ClO2S/c1-2-9-5(8)4(6)3-7/h4,7H,2-3H2,1H3. The molecule has 0 aliphatic carbocycles. The van der Waals surface area contributed by atoms with Gasteiger partial charge in [0.1, 0.15) is 5.38 Å². The van der Waals surface area contributed by atoms with E-state index in [-0.39, 0.29) is 11.7 Å². The second-order valence-corrected chi connectivity index (χ2v) is 3.20. The topological polar surface area (TPSA) is 37.3 Å². The van der Waals surface area contributed by atoms with Crippen LogP contribution < -0.4 is 0 Å². The number of hydrogen-bond donors (Lipinski definition) is 1. The van der Waals surface area contributed by atoms with Crippen molar-refractivity contribution in [2.24, 2.45) is 0 Å². The molecular formula is C5H9ClO2S. The fraction of sp³-hybridized carbons (Fsp3) is 0.800. The second-order valence-electron chi connectivity index (χ2n) is 1.40. The highest BCUT2D eigenvalue weighted by Gasteiger charge is 2.12. The smallest absolute Gasteiger partial charge is 0.209 e. The molecule has 2 nitrogen and oxygen atoms in total. The Morgan fingerprint density at radius 1 is 1.89 bits per heavy atom. The Bertz CT molecular complexity index is 97.0. The Labute approximate surface area is 63.6 Å². The molecule has 0 saturated heterocycles. The van der Waals surface area contributed by atoms with Gasteiger partial charge in [0.25, 0.3) is 0 Å². The molecule has 0 aromatic rings. The molecule has 0 aromatic heterocycles. The van der Waals surface area contributed by atoms with Gasteiger partial charge in [0.15, 0.2) is 0 Å². The summed E-state index contributed by atoms with van der Waals surface area (Å²) in [5, 5.41) is 7.49. The molecule has 0 aliphatic rings. The van der Waals surface area contributed by atoms with E-state index < -0.39 is 5.38 Å². The third-order valence-corrected chi connectivity index (χ3v) is 2.03. The number of aliphatic hydroxyl groups excluding tert-OH is 1. The summed E-state index contributed by atoms with van der Waals surface area (Å²) in [6.45, 7) is 1.59. The first-order valence-corrected chi connectivity index (χ1v) is 4.06. The molecule has 0 radical (unpaired) electrons. The zero-order valence-corrected chi connectivity index (χ0v) is 6.71. The summed E-state index contributed by atoms with van der Waals surface area (Å²) in [6.07, 6.45) is 0. The number of thioether (sulfide) groups is 1. The van der Waals surface area contributed by atoms with Crippen LogP contribution in [0.5, 0.6) is 0 Å². The van der Waals surface area contributed by atoms with Crippen LogP contribution in [0, 0.1) is 0 Å². The maximum absolute atomic E-state index is 10.6. The molecule has 0 bridgehead atoms. The lowest BCUT2D eigenvalue weighted by atomic mass is 10.5. The summed E-state index contributed by atoms with van der Waals surface area (Å²) < 4.78 is 0. The third-order valence-electron chi connectivity index (χ3n) is 0.703. The Balaban J connectivity index is 3.46. The largest absolute Gasteiger partial charge is 0.394 e. The van der Waals surface area contributed by atoms with Crippen molar-refractivity contribution in [3.05, 3.63) is 0 Å². The average molecular weight is 169 g/mol. The quantitative estimate of drug-likeness (QED) is 0.636. The summed E-state index contributed by atoms with van der Waals surface area (Å²) in [5.41, 5.74) is 0. The first-order valence-electron chi connectivity index (χ1n) is 2.64. The lowest BCUT2D eigenvalue weighted by Gasteiger charge is -2.00. The van der Waals surface area contributed by atoms with E-state index in [1.165, 1.54) is 0 Å².